The molecule has 0 amide bonds. The lowest BCUT2D eigenvalue weighted by Crippen LogP contribution is -2.52. The first-order valence-electron chi connectivity index (χ1n) is 5.38. The summed E-state index contributed by atoms with van der Waals surface area (Å²) in [7, 11) is -9.40. The van der Waals surface area contributed by atoms with E-state index in [1.807, 2.05) is 26.2 Å². The molecule has 0 N–H and O–H groups in total. The maximum atomic E-state index is 8.01. The molecule has 0 bridgehead atoms. The minimum Gasteiger partial charge on any atom is -0.425 e. The van der Waals surface area contributed by atoms with E-state index in [0.29, 0.717) is 0 Å². The van der Waals surface area contributed by atoms with Crippen molar-refractivity contribution in [2.24, 2.45) is 0 Å². The molecule has 1 aliphatic heterocycles. The van der Waals surface area contributed by atoms with Crippen LogP contribution < -0.4 is 0 Å². The van der Waals surface area contributed by atoms with Gasteiger partial charge in [0.15, 0.2) is 0 Å². The first-order valence-corrected chi connectivity index (χ1v) is 14.6. The van der Waals surface area contributed by atoms with E-state index in [1.165, 1.54) is 0 Å². The molecular weight excluding hydrogens is 280 g/mol. The molecule has 1 atom stereocenters. The van der Waals surface area contributed by atoms with Gasteiger partial charge in [0.05, 0.1) is 1.23 Å². The summed E-state index contributed by atoms with van der Waals surface area (Å²) in [6.07, 6.45) is 0. The van der Waals surface area contributed by atoms with Crippen LogP contribution >= 0.6 is 0 Å². The third-order valence-corrected chi connectivity index (χ3v) is 15.4. The van der Waals surface area contributed by atoms with Gasteiger partial charge in [-0.25, -0.2) is 0 Å². The van der Waals surface area contributed by atoms with Gasteiger partial charge in [-0.05, 0) is 32.7 Å². The molecule has 0 aromatic heterocycles. The highest BCUT2D eigenvalue weighted by Crippen LogP contribution is 2.18. The maximum Gasteiger partial charge on any atom is 0.313 e. The second-order valence-electron chi connectivity index (χ2n) is 4.22. The van der Waals surface area contributed by atoms with Gasteiger partial charge in [-0.15, -0.1) is 0 Å². The maximum absolute atomic E-state index is 8.01. The fourth-order valence-corrected chi connectivity index (χ4v) is 15.2. The van der Waals surface area contributed by atoms with Crippen LogP contribution in [0.2, 0.25) is 32.7 Å². The molecule has 1 rings (SSSR count). The van der Waals surface area contributed by atoms with Gasteiger partial charge in [0, 0.05) is 0 Å². The van der Waals surface area contributed by atoms with E-state index in [2.05, 4.69) is 0 Å². The van der Waals surface area contributed by atoms with E-state index in [0.717, 1.165) is 0 Å². The van der Waals surface area contributed by atoms with Gasteiger partial charge in [0.1, 0.15) is 0 Å². The summed E-state index contributed by atoms with van der Waals surface area (Å²) in [6, 6.07) is 0. The van der Waals surface area contributed by atoms with E-state index in [4.69, 9.17) is 21.8 Å². The molecule has 0 aromatic rings. The summed E-state index contributed by atoms with van der Waals surface area (Å²) in [5, 5.41) is 0. The largest absolute Gasteiger partial charge is 0.425 e. The highest BCUT2D eigenvalue weighted by molar-refractivity contribution is 6.83. The van der Waals surface area contributed by atoms with Crippen LogP contribution in [0.3, 0.4) is 0 Å². The van der Waals surface area contributed by atoms with Crippen LogP contribution in [0.15, 0.2) is 0 Å². The molecule has 0 radical (unpaired) electrons. The molecule has 0 saturated carbocycles. The summed E-state index contributed by atoms with van der Waals surface area (Å²) in [6.45, 7) is 9.60. The van der Waals surface area contributed by atoms with E-state index < -0.39 is 46.4 Å². The Labute approximate surface area is 101 Å². The lowest BCUT2D eigenvalue weighted by molar-refractivity contribution is 0.285. The Kier molecular flexibility index (Phi) is 4.51. The van der Waals surface area contributed by atoms with Gasteiger partial charge >= 0.3 is 17.1 Å². The molecule has 1 saturated heterocycles. The standard InChI is InChI=1S/C5H20O5Si5/c1-13-7-11-6-12-8-14(2,3)10-15(4,5)9-13/h13H,11-12H2,1-5H3/i13D. The Hall–Kier alpha value is 0.884. The number of rotatable bonds is 0. The third kappa shape index (κ3) is 5.67. The topological polar surface area (TPSA) is 46.2 Å². The summed E-state index contributed by atoms with van der Waals surface area (Å²) in [5.74, 6) is 0. The predicted octanol–water partition coefficient (Wildman–Crippen LogP) is -0.666. The quantitative estimate of drug-likeness (QED) is 0.556. The molecule has 1 heterocycles. The normalized spacial score (nSPS) is 41.3. The zero-order valence-corrected chi connectivity index (χ0v) is 15.8. The molecule has 15 heavy (non-hydrogen) atoms. The van der Waals surface area contributed by atoms with Crippen LogP contribution in [0.5, 0.6) is 0 Å². The Morgan fingerprint density at radius 2 is 1.80 bits per heavy atom. The van der Waals surface area contributed by atoms with Crippen LogP contribution in [0.25, 0.3) is 0 Å². The molecule has 1 unspecified atom stereocenters. The van der Waals surface area contributed by atoms with E-state index in [1.54, 1.807) is 6.55 Å². The lowest BCUT2D eigenvalue weighted by Gasteiger charge is -2.35. The predicted molar refractivity (Wildman–Crippen MR) is 70.5 cm³/mol. The van der Waals surface area contributed by atoms with Gasteiger partial charge in [0.2, 0.25) is 0 Å². The van der Waals surface area contributed by atoms with Gasteiger partial charge in [-0.1, -0.05) is 0 Å². The summed E-state index contributed by atoms with van der Waals surface area (Å²) in [5.41, 5.74) is 0. The molecule has 10 heteroatoms. The average Bonchev–Trinajstić information content (AvgIpc) is 1.96. The smallest absolute Gasteiger partial charge is 0.313 e. The van der Waals surface area contributed by atoms with Crippen LogP contribution in [-0.2, 0) is 20.6 Å². The molecule has 90 valence electrons. The van der Waals surface area contributed by atoms with E-state index in [9.17, 15) is 0 Å². The van der Waals surface area contributed by atoms with Gasteiger partial charge in [-0.3, -0.25) is 0 Å². The van der Waals surface area contributed by atoms with Crippen molar-refractivity contribution in [3.05, 3.63) is 0 Å². The van der Waals surface area contributed by atoms with Crippen LogP contribution in [0, 0.1) is 0 Å². The fraction of sp³-hybridized carbons (Fsp3) is 1.00. The van der Waals surface area contributed by atoms with Crippen molar-refractivity contribution in [1.29, 1.82) is 1.23 Å². The lowest BCUT2D eigenvalue weighted by atomic mass is 11.9. The Bertz CT molecular complexity index is 227. The number of hydrogen-bond acceptors (Lipinski definition) is 5. The second kappa shape index (κ2) is 5.48. The van der Waals surface area contributed by atoms with Gasteiger partial charge in [-0.2, -0.15) is 0 Å². The molecule has 1 fully saturated rings. The molecule has 1 aliphatic rings. The first-order chi connectivity index (χ1) is 7.12. The zero-order valence-electron chi connectivity index (χ0n) is 11.0. The Morgan fingerprint density at radius 1 is 1.13 bits per heavy atom. The molecule has 5 nitrogen and oxygen atoms in total. The highest BCUT2D eigenvalue weighted by Gasteiger charge is 2.38. The van der Waals surface area contributed by atoms with Crippen molar-refractivity contribution >= 4 is 46.4 Å². The van der Waals surface area contributed by atoms with Gasteiger partial charge in [0.25, 0.3) is 29.2 Å². The van der Waals surface area contributed by atoms with Crippen molar-refractivity contribution < 1.29 is 20.6 Å². The van der Waals surface area contributed by atoms with Crippen molar-refractivity contribution in [3.63, 3.8) is 0 Å². The summed E-state index contributed by atoms with van der Waals surface area (Å²) < 4.78 is 36.3. The monoisotopic (exact) mass is 301 g/mol. The summed E-state index contributed by atoms with van der Waals surface area (Å²) in [4.78, 5) is 0. The van der Waals surface area contributed by atoms with Crippen molar-refractivity contribution in [3.8, 4) is 0 Å². The molecule has 0 aliphatic carbocycles. The third-order valence-electron chi connectivity index (χ3n) is 1.72. The minimum absolute atomic E-state index is 1.01. The summed E-state index contributed by atoms with van der Waals surface area (Å²) >= 11 is 0. The zero-order chi connectivity index (χ0) is 12.4. The van der Waals surface area contributed by atoms with Crippen molar-refractivity contribution in [2.75, 3.05) is 0 Å². The van der Waals surface area contributed by atoms with Crippen LogP contribution in [0.1, 0.15) is 0 Å². The van der Waals surface area contributed by atoms with Crippen LogP contribution in [0.4, 0.5) is 0 Å². The highest BCUT2D eigenvalue weighted by atomic mass is 28.5. The molecule has 0 spiro atoms. The molecular formula is C5H20O5Si5. The average molecular weight is 302 g/mol. The first kappa shape index (κ1) is 12.3. The van der Waals surface area contributed by atoms with Crippen LogP contribution in [-0.4, -0.2) is 47.6 Å². The Morgan fingerprint density at radius 3 is 2.47 bits per heavy atom. The van der Waals surface area contributed by atoms with E-state index >= 15 is 0 Å². The number of hydrogen-bond donors (Lipinski definition) is 0. The second-order valence-corrected chi connectivity index (χ2v) is 16.9. The van der Waals surface area contributed by atoms with Gasteiger partial charge < -0.3 is 20.6 Å². The fourth-order valence-electron chi connectivity index (χ4n) is 1.36. The molecule has 0 aromatic carbocycles. The van der Waals surface area contributed by atoms with Crippen molar-refractivity contribution in [1.82, 2.24) is 0 Å². The van der Waals surface area contributed by atoms with E-state index in [-0.39, 0.29) is 0 Å². The van der Waals surface area contributed by atoms with Crippen molar-refractivity contribution in [2.45, 2.75) is 32.7 Å². The minimum atomic E-state index is -2.81. The Balaban J connectivity index is 2.76. The SMILES string of the molecule is [2H][Si]1(C)O[SiH2]O[SiH2]O[Si](C)(C)O[Si](C)(C)O1.